The molecule has 2 atom stereocenters. The van der Waals surface area contributed by atoms with Crippen molar-refractivity contribution in [3.63, 3.8) is 0 Å². The van der Waals surface area contributed by atoms with Crippen molar-refractivity contribution in [3.05, 3.63) is 35.4 Å². The summed E-state index contributed by atoms with van der Waals surface area (Å²) in [6, 6.07) is -0.168. The Morgan fingerprint density at radius 3 is 2.20 bits per heavy atom. The third-order valence-corrected chi connectivity index (χ3v) is 10.9. The number of halogens is 1. The van der Waals surface area contributed by atoms with Gasteiger partial charge in [-0.15, -0.1) is 0 Å². The molecule has 45 heavy (non-hydrogen) atoms. The summed E-state index contributed by atoms with van der Waals surface area (Å²) >= 11 is 3.28. The van der Waals surface area contributed by atoms with Crippen molar-refractivity contribution >= 4 is 55.8 Å². The van der Waals surface area contributed by atoms with E-state index >= 15 is 0 Å². The number of aromatic amines is 1. The van der Waals surface area contributed by atoms with E-state index < -0.39 is 21.6 Å². The van der Waals surface area contributed by atoms with E-state index in [-0.39, 0.29) is 168 Å². The number of imidazole rings is 2. The van der Waals surface area contributed by atoms with Crippen molar-refractivity contribution in [2.75, 3.05) is 37.1 Å². The molecule has 0 aromatic carbocycles. The maximum Gasteiger partial charge on any atom is 1.00 e. The van der Waals surface area contributed by atoms with Crippen LogP contribution in [-0.2, 0) is 54.0 Å². The summed E-state index contributed by atoms with van der Waals surface area (Å²) in [6.45, 7) is 4.74. The average molecular weight is 972 g/mol. The van der Waals surface area contributed by atoms with Crippen LogP contribution < -0.4 is 143 Å². The summed E-state index contributed by atoms with van der Waals surface area (Å²) in [6.07, 6.45) is 7.36. The van der Waals surface area contributed by atoms with Crippen molar-refractivity contribution in [3.8, 4) is 0 Å². The molecule has 2 fully saturated rings. The first-order valence-corrected chi connectivity index (χ1v) is 18.0. The molecule has 5 heterocycles. The number of hydrogen-bond donors (Lipinski definition) is 1. The zero-order valence-electron chi connectivity index (χ0n) is 27.9. The Hall–Kier alpha value is 1.67. The number of H-pyrrole nitrogens is 1. The summed E-state index contributed by atoms with van der Waals surface area (Å²) in [7, 11) is 2.31. The Bertz CT molecular complexity index is 1300. The van der Waals surface area contributed by atoms with E-state index in [9.17, 15) is 18.0 Å². The third kappa shape index (κ3) is 13.4. The van der Waals surface area contributed by atoms with Crippen molar-refractivity contribution < 1.29 is 172 Å². The van der Waals surface area contributed by atoms with Gasteiger partial charge in [-0.1, -0.05) is 15.9 Å². The van der Waals surface area contributed by atoms with Gasteiger partial charge in [0.1, 0.15) is 17.7 Å². The van der Waals surface area contributed by atoms with Crippen LogP contribution in [0.2, 0.25) is 0 Å². The zero-order valence-corrected chi connectivity index (χ0v) is 42.7. The molecule has 0 saturated carbocycles. The fourth-order valence-corrected chi connectivity index (χ4v) is 8.40. The van der Waals surface area contributed by atoms with Crippen LogP contribution in [0, 0.1) is 0 Å². The molecule has 0 radical (unpaired) electrons. The summed E-state index contributed by atoms with van der Waals surface area (Å²) in [4.78, 5) is 50.7. The van der Waals surface area contributed by atoms with Gasteiger partial charge in [0.05, 0.1) is 41.7 Å². The van der Waals surface area contributed by atoms with Gasteiger partial charge in [-0.2, -0.15) is 0 Å². The van der Waals surface area contributed by atoms with Crippen LogP contribution in [0.25, 0.3) is 0 Å². The van der Waals surface area contributed by atoms with Gasteiger partial charge in [0.2, 0.25) is 11.8 Å². The Kier molecular flexibility index (Phi) is 22.3. The number of hydrogen-bond acceptors (Lipinski definition) is 9. The van der Waals surface area contributed by atoms with Gasteiger partial charge >= 0.3 is 138 Å². The van der Waals surface area contributed by atoms with E-state index in [0.29, 0.717) is 24.9 Å². The molecule has 2 aromatic rings. The first-order chi connectivity index (χ1) is 20.5. The topological polar surface area (TPSA) is 171 Å². The summed E-state index contributed by atoms with van der Waals surface area (Å²) in [5.41, 5.74) is 2.05. The van der Waals surface area contributed by atoms with E-state index in [2.05, 4.69) is 40.3 Å². The monoisotopic (exact) mass is 970 g/mol. The second-order valence-electron chi connectivity index (χ2n) is 10.9. The summed E-state index contributed by atoms with van der Waals surface area (Å²) < 4.78 is 24.9. The Balaban J connectivity index is 0.000000746. The van der Waals surface area contributed by atoms with E-state index in [1.165, 1.54) is 0 Å². The number of nitrogens with zero attached hydrogens (tertiary/aromatic N) is 5. The molecule has 18 heteroatoms. The zero-order chi connectivity index (χ0) is 31.7. The van der Waals surface area contributed by atoms with Gasteiger partial charge in [-0.25, -0.2) is 9.97 Å². The number of alkyl halides is 1. The van der Waals surface area contributed by atoms with Crippen LogP contribution in [0.5, 0.6) is 0 Å². The molecule has 2 amide bonds. The van der Waals surface area contributed by atoms with Gasteiger partial charge in [0, 0.05) is 70.5 Å². The maximum atomic E-state index is 12.1. The van der Waals surface area contributed by atoms with Gasteiger partial charge in [0.25, 0.3) is 6.47 Å². The summed E-state index contributed by atoms with van der Waals surface area (Å²) in [5, 5.41) is 8.43. The molecule has 2 saturated heterocycles. The molecule has 0 aliphatic carbocycles. The molecule has 5 rings (SSSR count). The first-order valence-electron chi connectivity index (χ1n) is 14.1. The van der Waals surface area contributed by atoms with E-state index in [1.54, 1.807) is 23.0 Å². The number of nitrogens with one attached hydrogen (secondary N) is 1. The number of likely N-dealkylation sites (N-methyl/N-ethyl adjacent to an activating group) is 1. The average Bonchev–Trinajstić information content (AvgIpc) is 3.64. The third-order valence-electron chi connectivity index (χ3n) is 7.76. The van der Waals surface area contributed by atoms with Gasteiger partial charge in [0.15, 0.2) is 0 Å². The molecule has 3 aliphatic heterocycles. The van der Waals surface area contributed by atoms with Gasteiger partial charge in [-0.05, 0) is 39.5 Å². The van der Waals surface area contributed by atoms with Crippen LogP contribution in [0.3, 0.4) is 0 Å². The number of fused-ring (bicyclic) bond motifs is 1. The first kappa shape index (κ1) is 44.7. The number of amides is 2. The van der Waals surface area contributed by atoms with Crippen molar-refractivity contribution in [1.29, 1.82) is 0 Å². The minimum Gasteiger partial charge on any atom is -1.00 e. The fraction of sp³-hybridized carbons (Fsp3) is 0.667. The number of carbonyl (C=O) groups is 3. The van der Waals surface area contributed by atoms with Crippen LogP contribution in [-0.4, -0.2) is 98.0 Å². The molecule has 1 N–H and O–H groups in total. The van der Waals surface area contributed by atoms with Crippen LogP contribution in [0.15, 0.2) is 12.4 Å². The molecule has 2 aromatic heterocycles. The normalized spacial score (nSPS) is 24.5. The van der Waals surface area contributed by atoms with Gasteiger partial charge < -0.3 is 30.9 Å². The van der Waals surface area contributed by atoms with E-state index in [4.69, 9.17) is 10.1 Å². The van der Waals surface area contributed by atoms with E-state index in [0.717, 1.165) is 71.7 Å². The predicted octanol–water partition coefficient (Wildman–Crippen LogP) is -4.63. The minimum absolute atomic E-state index is 0. The molecule has 242 valence electrons. The number of carbonyl (C=O) groups excluding carboxylic acids is 3. The largest absolute Gasteiger partial charge is 1.00 e. The molecule has 13 nitrogen and oxygen atoms in total. The quantitative estimate of drug-likeness (QED) is 0.130. The number of rotatable bonds is 6. The second kappa shape index (κ2) is 22.5. The Morgan fingerprint density at radius 1 is 1.16 bits per heavy atom. The van der Waals surface area contributed by atoms with Crippen molar-refractivity contribution in [2.24, 2.45) is 0 Å². The molecular weight excluding hydrogens is 930 g/mol. The Morgan fingerprint density at radius 2 is 1.69 bits per heavy atom. The SMILES string of the molecule is CC(Br)C(=O)N(C)Cc1cnc(C2CCS(=O)CC2)[nH]1.CC1C(=O)N(C)Cc2cnc(C3CCS(=O)CC3)n21.O=CO[O-].[Cs+].[Cs+].[H-]. The van der Waals surface area contributed by atoms with Crippen LogP contribution in [0.1, 0.15) is 81.9 Å². The smallest absolute Gasteiger partial charge is 1.00 e. The Labute approximate surface area is 397 Å². The molecule has 2 unspecified atom stereocenters. The fourth-order valence-electron chi connectivity index (χ4n) is 5.45. The van der Waals surface area contributed by atoms with Crippen LogP contribution in [0.4, 0.5) is 0 Å². The second-order valence-corrected chi connectivity index (χ2v) is 15.7. The molecule has 0 bridgehead atoms. The molecular formula is C27H41BrCs2N6O7S2. The van der Waals surface area contributed by atoms with Crippen molar-refractivity contribution in [2.45, 2.75) is 75.3 Å². The number of aromatic nitrogens is 4. The molecule has 3 aliphatic rings. The predicted molar refractivity (Wildman–Crippen MR) is 165 cm³/mol. The molecule has 0 spiro atoms. The van der Waals surface area contributed by atoms with Gasteiger partial charge in [-0.3, -0.25) is 22.8 Å². The summed E-state index contributed by atoms with van der Waals surface area (Å²) in [5.74, 6) is 5.94. The maximum absolute atomic E-state index is 12.1. The minimum atomic E-state index is -0.658. The van der Waals surface area contributed by atoms with Crippen molar-refractivity contribution in [1.82, 2.24) is 29.3 Å². The standard InChI is InChI=1S/C13H20BrN3O2S.C13H19N3O2S.CH2O3.2Cs.H/c1-9(14)13(18)17(2)8-11-7-15-12(16-11)10-3-5-20(19)6-4-10;1-9-13(17)15(2)8-11-7-14-12(16(9)11)10-3-5-19(18)6-4-10;2-1-4-3;;;/h7,9-10H,3-6,8H2,1-2H3,(H,15,16);7,9-10H,3-6,8H2,1-2H3;1,3H;;;/q;;;2*+1;-1/p-1. The van der Waals surface area contributed by atoms with E-state index in [1.807, 2.05) is 27.1 Å². The van der Waals surface area contributed by atoms with Crippen LogP contribution >= 0.6 is 15.9 Å².